The third-order valence-corrected chi connectivity index (χ3v) is 4.26. The maximum Gasteiger partial charge on any atom is 0.363 e. The summed E-state index contributed by atoms with van der Waals surface area (Å²) >= 11 is 3.42. The van der Waals surface area contributed by atoms with Crippen LogP contribution in [0, 0.1) is 0 Å². The summed E-state index contributed by atoms with van der Waals surface area (Å²) in [6.45, 7) is 6.48. The van der Waals surface area contributed by atoms with Crippen molar-refractivity contribution in [1.82, 2.24) is 0 Å². The molecule has 1 aliphatic heterocycles. The van der Waals surface area contributed by atoms with Gasteiger partial charge in [-0.1, -0.05) is 61.0 Å². The van der Waals surface area contributed by atoms with Gasteiger partial charge in [-0.2, -0.15) is 0 Å². The Balaban J connectivity index is 1.89. The van der Waals surface area contributed by atoms with E-state index in [0.29, 0.717) is 11.6 Å². The van der Waals surface area contributed by atoms with Crippen LogP contribution in [0.15, 0.2) is 63.7 Å². The number of hydrogen-bond donors (Lipinski definition) is 0. The predicted octanol–water partition coefficient (Wildman–Crippen LogP) is 5.09. The van der Waals surface area contributed by atoms with E-state index in [1.54, 1.807) is 6.08 Å². The molecule has 0 saturated heterocycles. The lowest BCUT2D eigenvalue weighted by molar-refractivity contribution is -0.129. The number of hydrogen-bond acceptors (Lipinski definition) is 3. The van der Waals surface area contributed by atoms with Gasteiger partial charge in [0.25, 0.3) is 0 Å². The van der Waals surface area contributed by atoms with Gasteiger partial charge >= 0.3 is 5.97 Å². The second-order valence-corrected chi connectivity index (χ2v) is 7.63. The van der Waals surface area contributed by atoms with Crippen molar-refractivity contribution in [3.8, 4) is 0 Å². The Morgan fingerprint density at radius 1 is 1.08 bits per heavy atom. The summed E-state index contributed by atoms with van der Waals surface area (Å²) in [7, 11) is 0. The lowest BCUT2D eigenvalue weighted by Crippen LogP contribution is -2.11. The molecule has 24 heavy (non-hydrogen) atoms. The lowest BCUT2D eigenvalue weighted by atomic mass is 9.87. The number of carbonyl (C=O) groups is 1. The number of halogens is 1. The number of benzene rings is 2. The molecule has 4 heteroatoms. The van der Waals surface area contributed by atoms with Crippen molar-refractivity contribution in [1.29, 1.82) is 0 Å². The van der Waals surface area contributed by atoms with Gasteiger partial charge in [0.15, 0.2) is 5.70 Å². The number of carbonyl (C=O) groups excluding carboxylic acids is 1. The molecule has 0 bridgehead atoms. The molecule has 3 rings (SSSR count). The molecular formula is C20H18BrNO2. The Morgan fingerprint density at radius 3 is 2.42 bits per heavy atom. The summed E-state index contributed by atoms with van der Waals surface area (Å²) in [6, 6.07) is 15.6. The highest BCUT2D eigenvalue weighted by Gasteiger charge is 2.24. The Labute approximate surface area is 150 Å². The first kappa shape index (κ1) is 16.7. The molecule has 1 aliphatic rings. The Kier molecular flexibility index (Phi) is 4.41. The van der Waals surface area contributed by atoms with Crippen LogP contribution >= 0.6 is 15.9 Å². The highest BCUT2D eigenvalue weighted by Crippen LogP contribution is 2.24. The first-order valence-electron chi connectivity index (χ1n) is 7.72. The fraction of sp³-hybridized carbons (Fsp3) is 0.200. The second-order valence-electron chi connectivity index (χ2n) is 6.72. The molecule has 0 aliphatic carbocycles. The maximum absolute atomic E-state index is 12.1. The molecule has 0 unspecified atom stereocenters. The maximum atomic E-state index is 12.1. The van der Waals surface area contributed by atoms with Crippen LogP contribution < -0.4 is 0 Å². The van der Waals surface area contributed by atoms with Crippen LogP contribution in [0.3, 0.4) is 0 Å². The van der Waals surface area contributed by atoms with Crippen molar-refractivity contribution >= 4 is 33.9 Å². The molecule has 0 aromatic heterocycles. The third-order valence-electron chi connectivity index (χ3n) is 3.77. The number of ether oxygens (including phenoxy) is 1. The Morgan fingerprint density at radius 2 is 1.79 bits per heavy atom. The van der Waals surface area contributed by atoms with Crippen molar-refractivity contribution in [2.24, 2.45) is 4.99 Å². The van der Waals surface area contributed by atoms with Gasteiger partial charge in [0.05, 0.1) is 0 Å². The lowest BCUT2D eigenvalue weighted by Gasteiger charge is -2.18. The molecule has 1 heterocycles. The molecule has 3 nitrogen and oxygen atoms in total. The standard InChI is InChI=1S/C20H18BrNO2/c1-20(2,3)15-9-7-14(8-10-15)18-22-17(19(23)24-18)12-13-5-4-6-16(21)11-13/h4-12H,1-3H3. The van der Waals surface area contributed by atoms with Gasteiger partial charge in [-0.3, -0.25) is 0 Å². The molecule has 2 aromatic rings. The number of rotatable bonds is 2. The molecule has 0 radical (unpaired) electrons. The number of cyclic esters (lactones) is 1. The number of esters is 1. The first-order chi connectivity index (χ1) is 11.3. The van der Waals surface area contributed by atoms with Gasteiger partial charge in [-0.15, -0.1) is 0 Å². The van der Waals surface area contributed by atoms with E-state index in [2.05, 4.69) is 41.7 Å². The second kappa shape index (κ2) is 6.36. The van der Waals surface area contributed by atoms with Crippen LogP contribution in [0.25, 0.3) is 6.08 Å². The van der Waals surface area contributed by atoms with Gasteiger partial charge in [-0.25, -0.2) is 9.79 Å². The van der Waals surface area contributed by atoms with E-state index in [1.807, 2.05) is 48.5 Å². The number of nitrogens with zero attached hydrogens (tertiary/aromatic N) is 1. The largest absolute Gasteiger partial charge is 0.402 e. The van der Waals surface area contributed by atoms with Crippen LogP contribution in [-0.4, -0.2) is 11.9 Å². The van der Waals surface area contributed by atoms with Gasteiger partial charge in [0, 0.05) is 10.0 Å². The summed E-state index contributed by atoms with van der Waals surface area (Å²) in [4.78, 5) is 16.4. The van der Waals surface area contributed by atoms with Gasteiger partial charge < -0.3 is 4.74 Å². The molecule has 0 saturated carbocycles. The zero-order chi connectivity index (χ0) is 17.3. The van der Waals surface area contributed by atoms with E-state index in [-0.39, 0.29) is 5.41 Å². The summed E-state index contributed by atoms with van der Waals surface area (Å²) in [5.41, 5.74) is 3.31. The molecule has 0 N–H and O–H groups in total. The minimum absolute atomic E-state index is 0.0818. The fourth-order valence-corrected chi connectivity index (χ4v) is 2.82. The quantitative estimate of drug-likeness (QED) is 0.534. The van der Waals surface area contributed by atoms with Crippen molar-refractivity contribution in [2.75, 3.05) is 0 Å². The Hall–Kier alpha value is -2.20. The van der Waals surface area contributed by atoms with E-state index >= 15 is 0 Å². The molecule has 122 valence electrons. The van der Waals surface area contributed by atoms with Crippen LogP contribution in [-0.2, 0) is 14.9 Å². The SMILES string of the molecule is CC(C)(C)c1ccc(C2=NC(=Cc3cccc(Br)c3)C(=O)O2)cc1. The van der Waals surface area contributed by atoms with Crippen LogP contribution in [0.5, 0.6) is 0 Å². The molecule has 2 aromatic carbocycles. The van der Waals surface area contributed by atoms with E-state index in [9.17, 15) is 4.79 Å². The zero-order valence-corrected chi connectivity index (χ0v) is 15.4. The van der Waals surface area contributed by atoms with Crippen LogP contribution in [0.2, 0.25) is 0 Å². The highest BCUT2D eigenvalue weighted by molar-refractivity contribution is 9.10. The predicted molar refractivity (Wildman–Crippen MR) is 99.9 cm³/mol. The van der Waals surface area contributed by atoms with Crippen molar-refractivity contribution < 1.29 is 9.53 Å². The molecule has 0 atom stereocenters. The van der Waals surface area contributed by atoms with E-state index in [0.717, 1.165) is 15.6 Å². The minimum atomic E-state index is -0.426. The number of aliphatic imine (C=N–C) groups is 1. The summed E-state index contributed by atoms with van der Waals surface area (Å²) in [5.74, 6) is -0.0772. The van der Waals surface area contributed by atoms with Crippen molar-refractivity contribution in [2.45, 2.75) is 26.2 Å². The van der Waals surface area contributed by atoms with E-state index in [4.69, 9.17) is 4.74 Å². The highest BCUT2D eigenvalue weighted by atomic mass is 79.9. The van der Waals surface area contributed by atoms with Gasteiger partial charge in [0.2, 0.25) is 5.90 Å². The van der Waals surface area contributed by atoms with Crippen molar-refractivity contribution in [3.05, 3.63) is 75.4 Å². The zero-order valence-electron chi connectivity index (χ0n) is 13.8. The van der Waals surface area contributed by atoms with Gasteiger partial charge in [-0.05, 0) is 46.9 Å². The average molecular weight is 384 g/mol. The Bertz CT molecular complexity index is 843. The summed E-state index contributed by atoms with van der Waals surface area (Å²) in [5, 5.41) is 0. The average Bonchev–Trinajstić information content (AvgIpc) is 2.88. The normalized spacial score (nSPS) is 16.2. The van der Waals surface area contributed by atoms with Gasteiger partial charge in [0.1, 0.15) is 0 Å². The minimum Gasteiger partial charge on any atom is -0.402 e. The van der Waals surface area contributed by atoms with Crippen molar-refractivity contribution in [3.63, 3.8) is 0 Å². The first-order valence-corrected chi connectivity index (χ1v) is 8.51. The van der Waals surface area contributed by atoms with Crippen LogP contribution in [0.4, 0.5) is 0 Å². The molecule has 0 fully saturated rings. The monoisotopic (exact) mass is 383 g/mol. The topological polar surface area (TPSA) is 38.7 Å². The molecular weight excluding hydrogens is 366 g/mol. The molecule has 0 amide bonds. The van der Waals surface area contributed by atoms with Crippen LogP contribution in [0.1, 0.15) is 37.5 Å². The fourth-order valence-electron chi connectivity index (χ4n) is 2.40. The van der Waals surface area contributed by atoms with E-state index < -0.39 is 5.97 Å². The smallest absolute Gasteiger partial charge is 0.363 e. The third kappa shape index (κ3) is 3.65. The summed E-state index contributed by atoms with van der Waals surface area (Å²) in [6.07, 6.45) is 1.73. The summed E-state index contributed by atoms with van der Waals surface area (Å²) < 4.78 is 6.27. The molecule has 0 spiro atoms. The van der Waals surface area contributed by atoms with E-state index in [1.165, 1.54) is 5.56 Å².